The summed E-state index contributed by atoms with van der Waals surface area (Å²) in [6.07, 6.45) is 3.74. The van der Waals surface area contributed by atoms with Gasteiger partial charge in [-0.05, 0) is 31.7 Å². The summed E-state index contributed by atoms with van der Waals surface area (Å²) in [4.78, 5) is 16.8. The minimum Gasteiger partial charge on any atom is -0.467 e. The summed E-state index contributed by atoms with van der Waals surface area (Å²) in [5.74, 6) is 0.992. The summed E-state index contributed by atoms with van der Waals surface area (Å²) in [5, 5.41) is 6.07. The van der Waals surface area contributed by atoms with Crippen LogP contribution in [-0.2, 0) is 6.54 Å². The summed E-state index contributed by atoms with van der Waals surface area (Å²) in [5.41, 5.74) is 7.00. The fraction of sp³-hybridized carbons (Fsp3) is 0.429. The van der Waals surface area contributed by atoms with E-state index in [1.807, 2.05) is 12.3 Å². The fourth-order valence-electron chi connectivity index (χ4n) is 2.16. The van der Waals surface area contributed by atoms with Gasteiger partial charge >= 0.3 is 0 Å². The topological polar surface area (TPSA) is 81.2 Å². The molecule has 1 atom stereocenters. The van der Waals surface area contributed by atoms with E-state index in [1.165, 1.54) is 6.26 Å². The molecule has 3 N–H and O–H groups in total. The molecule has 1 amide bonds. The molecule has 1 fully saturated rings. The average molecular weight is 291 g/mol. The zero-order valence-corrected chi connectivity index (χ0v) is 12.1. The number of furan rings is 1. The highest BCUT2D eigenvalue weighted by molar-refractivity contribution is 7.09. The van der Waals surface area contributed by atoms with Crippen molar-refractivity contribution in [1.29, 1.82) is 0 Å². The number of nitrogens with zero attached hydrogens (tertiary/aromatic N) is 1. The molecule has 2 aromatic heterocycles. The second-order valence-corrected chi connectivity index (χ2v) is 6.01. The number of carbonyl (C=O) groups excluding carboxylic acids is 1. The van der Waals surface area contributed by atoms with Gasteiger partial charge in [0.05, 0.1) is 18.2 Å². The first-order valence-corrected chi connectivity index (χ1v) is 7.55. The predicted octanol–water partition coefficient (Wildman–Crippen LogP) is 2.38. The molecule has 2 aromatic rings. The van der Waals surface area contributed by atoms with Crippen molar-refractivity contribution in [2.24, 2.45) is 11.7 Å². The molecule has 0 saturated heterocycles. The molecule has 0 bridgehead atoms. The highest BCUT2D eigenvalue weighted by Gasteiger charge is 2.35. The van der Waals surface area contributed by atoms with Gasteiger partial charge in [0.2, 0.25) is 0 Å². The third-order valence-corrected chi connectivity index (χ3v) is 4.45. The van der Waals surface area contributed by atoms with E-state index in [1.54, 1.807) is 17.4 Å². The third kappa shape index (κ3) is 2.76. The Kier molecular flexibility index (Phi) is 3.58. The Bertz CT molecular complexity index is 615. The van der Waals surface area contributed by atoms with Gasteiger partial charge in [0, 0.05) is 11.1 Å². The van der Waals surface area contributed by atoms with E-state index in [2.05, 4.69) is 10.3 Å². The zero-order chi connectivity index (χ0) is 14.1. The van der Waals surface area contributed by atoms with Gasteiger partial charge < -0.3 is 15.5 Å². The smallest absolute Gasteiger partial charge is 0.255 e. The van der Waals surface area contributed by atoms with Crippen molar-refractivity contribution in [2.75, 3.05) is 0 Å². The van der Waals surface area contributed by atoms with Gasteiger partial charge in [-0.2, -0.15) is 0 Å². The van der Waals surface area contributed by atoms with Crippen LogP contribution in [0.4, 0.5) is 0 Å². The van der Waals surface area contributed by atoms with E-state index < -0.39 is 0 Å². The van der Waals surface area contributed by atoms with Crippen LogP contribution in [0.1, 0.15) is 45.7 Å². The van der Waals surface area contributed by atoms with Crippen LogP contribution < -0.4 is 11.1 Å². The molecule has 2 heterocycles. The van der Waals surface area contributed by atoms with Crippen LogP contribution >= 0.6 is 11.3 Å². The molecular formula is C14H17N3O2S. The highest BCUT2D eigenvalue weighted by atomic mass is 32.1. The Balaban J connectivity index is 1.75. The SMILES string of the molecule is Cc1csc(C(NC(=O)c2coc(CN)c2)C2CC2)n1. The quantitative estimate of drug-likeness (QED) is 0.886. The molecule has 0 spiro atoms. The number of thiazole rings is 1. The lowest BCUT2D eigenvalue weighted by atomic mass is 10.1. The maximum absolute atomic E-state index is 12.3. The maximum Gasteiger partial charge on any atom is 0.255 e. The number of carbonyl (C=O) groups is 1. The fourth-order valence-corrected chi connectivity index (χ4v) is 3.10. The Morgan fingerprint density at radius 1 is 1.65 bits per heavy atom. The van der Waals surface area contributed by atoms with E-state index in [0.29, 0.717) is 23.8 Å². The number of hydrogen-bond donors (Lipinski definition) is 2. The molecular weight excluding hydrogens is 274 g/mol. The van der Waals surface area contributed by atoms with Crippen LogP contribution in [0.5, 0.6) is 0 Å². The number of aryl methyl sites for hydroxylation is 1. The molecule has 1 aliphatic rings. The highest BCUT2D eigenvalue weighted by Crippen LogP contribution is 2.42. The van der Waals surface area contributed by atoms with Gasteiger partial charge in [-0.25, -0.2) is 4.98 Å². The van der Waals surface area contributed by atoms with Gasteiger partial charge in [-0.15, -0.1) is 11.3 Å². The minimum absolute atomic E-state index is 0.0115. The van der Waals surface area contributed by atoms with E-state index in [0.717, 1.165) is 23.5 Å². The first-order valence-electron chi connectivity index (χ1n) is 6.67. The first kappa shape index (κ1) is 13.3. The van der Waals surface area contributed by atoms with Crippen LogP contribution in [0.2, 0.25) is 0 Å². The van der Waals surface area contributed by atoms with E-state index in [4.69, 9.17) is 10.2 Å². The largest absolute Gasteiger partial charge is 0.467 e. The van der Waals surface area contributed by atoms with Crippen molar-refractivity contribution in [1.82, 2.24) is 10.3 Å². The number of nitrogens with one attached hydrogen (secondary N) is 1. The third-order valence-electron chi connectivity index (χ3n) is 3.40. The molecule has 1 unspecified atom stereocenters. The summed E-state index contributed by atoms with van der Waals surface area (Å²) in [7, 11) is 0. The Hall–Kier alpha value is -1.66. The van der Waals surface area contributed by atoms with Gasteiger partial charge in [-0.3, -0.25) is 4.79 Å². The second kappa shape index (κ2) is 5.38. The Morgan fingerprint density at radius 3 is 3.00 bits per heavy atom. The number of aromatic nitrogens is 1. The molecule has 6 heteroatoms. The van der Waals surface area contributed by atoms with Crippen molar-refractivity contribution < 1.29 is 9.21 Å². The van der Waals surface area contributed by atoms with Crippen LogP contribution in [0.15, 0.2) is 22.1 Å². The molecule has 106 valence electrons. The molecule has 1 aliphatic carbocycles. The summed E-state index contributed by atoms with van der Waals surface area (Å²) in [6, 6.07) is 1.70. The van der Waals surface area contributed by atoms with E-state index >= 15 is 0 Å². The lowest BCUT2D eigenvalue weighted by Gasteiger charge is -2.15. The van der Waals surface area contributed by atoms with Gasteiger partial charge in [0.15, 0.2) is 0 Å². The summed E-state index contributed by atoms with van der Waals surface area (Å²) >= 11 is 1.60. The average Bonchev–Trinajstić information content (AvgIpc) is 3.00. The van der Waals surface area contributed by atoms with Crippen LogP contribution in [0.25, 0.3) is 0 Å². The van der Waals surface area contributed by atoms with Crippen molar-refractivity contribution in [3.8, 4) is 0 Å². The van der Waals surface area contributed by atoms with Crippen LogP contribution in [0.3, 0.4) is 0 Å². The molecule has 1 saturated carbocycles. The monoisotopic (exact) mass is 291 g/mol. The molecule has 0 aliphatic heterocycles. The summed E-state index contributed by atoms with van der Waals surface area (Å²) < 4.78 is 5.20. The van der Waals surface area contributed by atoms with Gasteiger partial charge in [-0.1, -0.05) is 0 Å². The first-order chi connectivity index (χ1) is 9.67. The Morgan fingerprint density at radius 2 is 2.45 bits per heavy atom. The number of hydrogen-bond acceptors (Lipinski definition) is 5. The van der Waals surface area contributed by atoms with Crippen molar-refractivity contribution in [3.63, 3.8) is 0 Å². The Labute approximate surface area is 121 Å². The normalized spacial score (nSPS) is 16.1. The second-order valence-electron chi connectivity index (χ2n) is 5.12. The minimum atomic E-state index is -0.127. The zero-order valence-electron chi connectivity index (χ0n) is 11.3. The van der Waals surface area contributed by atoms with E-state index in [-0.39, 0.29) is 11.9 Å². The maximum atomic E-state index is 12.3. The molecule has 5 nitrogen and oxygen atoms in total. The lowest BCUT2D eigenvalue weighted by Crippen LogP contribution is -2.29. The standard InChI is InChI=1S/C14H17N3O2S/c1-8-7-20-14(16-8)12(9-2-3-9)17-13(18)10-4-11(5-15)19-6-10/h4,6-7,9,12H,2-3,5,15H2,1H3,(H,17,18). The number of rotatable bonds is 5. The molecule has 20 heavy (non-hydrogen) atoms. The predicted molar refractivity (Wildman–Crippen MR) is 76.4 cm³/mol. The molecule has 0 radical (unpaired) electrons. The lowest BCUT2D eigenvalue weighted by molar-refractivity contribution is 0.0931. The molecule has 3 rings (SSSR count). The van der Waals surface area contributed by atoms with Gasteiger partial charge in [0.1, 0.15) is 17.0 Å². The van der Waals surface area contributed by atoms with Crippen molar-refractivity contribution in [3.05, 3.63) is 39.7 Å². The van der Waals surface area contributed by atoms with Crippen LogP contribution in [0, 0.1) is 12.8 Å². The van der Waals surface area contributed by atoms with E-state index in [9.17, 15) is 4.79 Å². The van der Waals surface area contributed by atoms with Crippen molar-refractivity contribution in [2.45, 2.75) is 32.4 Å². The number of amides is 1. The number of nitrogens with two attached hydrogens (primary N) is 1. The van der Waals surface area contributed by atoms with Crippen LogP contribution in [-0.4, -0.2) is 10.9 Å². The molecule has 0 aromatic carbocycles. The van der Waals surface area contributed by atoms with Crippen molar-refractivity contribution >= 4 is 17.2 Å². The summed E-state index contributed by atoms with van der Waals surface area (Å²) in [6.45, 7) is 2.26. The van der Waals surface area contributed by atoms with Gasteiger partial charge in [0.25, 0.3) is 5.91 Å².